The number of carbonyl (C=O) groups is 1. The van der Waals surface area contributed by atoms with E-state index in [1.54, 1.807) is 31.6 Å². The van der Waals surface area contributed by atoms with E-state index < -0.39 is 0 Å². The summed E-state index contributed by atoms with van der Waals surface area (Å²) in [4.78, 5) is 15.7. The third kappa shape index (κ3) is 3.00. The first-order valence-corrected chi connectivity index (χ1v) is 5.48. The molecule has 0 atom stereocenters. The number of amides is 1. The molecule has 0 radical (unpaired) electrons. The molecule has 1 amide bonds. The summed E-state index contributed by atoms with van der Waals surface area (Å²) >= 11 is 0. The Kier molecular flexibility index (Phi) is 3.80. The fourth-order valence-electron chi connectivity index (χ4n) is 1.36. The van der Waals surface area contributed by atoms with Crippen LogP contribution in [-0.4, -0.2) is 28.1 Å². The van der Waals surface area contributed by atoms with Crippen LogP contribution in [0.1, 0.15) is 16.1 Å². The van der Waals surface area contributed by atoms with Gasteiger partial charge in [-0.1, -0.05) is 6.07 Å². The first-order chi connectivity index (χ1) is 8.79. The summed E-state index contributed by atoms with van der Waals surface area (Å²) in [5, 5.41) is 13.2. The number of nitrogens with one attached hydrogen (secondary N) is 2. The summed E-state index contributed by atoms with van der Waals surface area (Å²) in [6.07, 6.45) is 3.39. The number of aromatic nitrogens is 3. The third-order valence-electron chi connectivity index (χ3n) is 2.33. The van der Waals surface area contributed by atoms with Gasteiger partial charge in [0.15, 0.2) is 5.69 Å². The smallest absolute Gasteiger partial charge is 0.272 e. The molecule has 0 spiro atoms. The van der Waals surface area contributed by atoms with Crippen molar-refractivity contribution in [3.8, 4) is 0 Å². The topological polar surface area (TPSA) is 79.8 Å². The van der Waals surface area contributed by atoms with E-state index in [1.165, 1.54) is 0 Å². The SMILES string of the molecule is CNc1ccc(C(=O)NCc2cccnc2)nn1. The minimum absolute atomic E-state index is 0.256. The highest BCUT2D eigenvalue weighted by atomic mass is 16.1. The zero-order chi connectivity index (χ0) is 12.8. The molecule has 2 rings (SSSR count). The first kappa shape index (κ1) is 12.0. The van der Waals surface area contributed by atoms with Gasteiger partial charge in [0, 0.05) is 26.0 Å². The van der Waals surface area contributed by atoms with E-state index in [0.29, 0.717) is 12.4 Å². The average molecular weight is 243 g/mol. The molecule has 0 unspecified atom stereocenters. The van der Waals surface area contributed by atoms with Crippen LogP contribution in [0.4, 0.5) is 5.82 Å². The van der Waals surface area contributed by atoms with Crippen LogP contribution < -0.4 is 10.6 Å². The quantitative estimate of drug-likeness (QED) is 0.832. The van der Waals surface area contributed by atoms with Crippen LogP contribution in [0.3, 0.4) is 0 Å². The number of nitrogens with zero attached hydrogens (tertiary/aromatic N) is 3. The minimum Gasteiger partial charge on any atom is -0.372 e. The molecule has 2 heterocycles. The molecule has 0 bridgehead atoms. The molecule has 0 aliphatic rings. The molecule has 0 aromatic carbocycles. The van der Waals surface area contributed by atoms with E-state index in [1.807, 2.05) is 12.1 Å². The van der Waals surface area contributed by atoms with Crippen LogP contribution in [0.15, 0.2) is 36.7 Å². The van der Waals surface area contributed by atoms with Crippen molar-refractivity contribution in [2.24, 2.45) is 0 Å². The summed E-state index contributed by atoms with van der Waals surface area (Å²) in [5.74, 6) is 0.368. The Balaban J connectivity index is 1.95. The number of hydrogen-bond donors (Lipinski definition) is 2. The average Bonchev–Trinajstić information content (AvgIpc) is 2.46. The molecular formula is C12H13N5O. The summed E-state index contributed by atoms with van der Waals surface area (Å²) in [5.41, 5.74) is 1.23. The fourth-order valence-corrected chi connectivity index (χ4v) is 1.36. The van der Waals surface area contributed by atoms with Crippen molar-refractivity contribution < 1.29 is 4.79 Å². The van der Waals surface area contributed by atoms with Gasteiger partial charge in [-0.25, -0.2) is 0 Å². The molecule has 2 aromatic rings. The molecule has 18 heavy (non-hydrogen) atoms. The number of hydrogen-bond acceptors (Lipinski definition) is 5. The Bertz CT molecular complexity index is 512. The Morgan fingerprint density at radius 3 is 2.78 bits per heavy atom. The maximum atomic E-state index is 11.8. The lowest BCUT2D eigenvalue weighted by Crippen LogP contribution is -2.24. The maximum absolute atomic E-state index is 11.8. The summed E-state index contributed by atoms with van der Waals surface area (Å²) in [7, 11) is 1.74. The lowest BCUT2D eigenvalue weighted by Gasteiger charge is -2.04. The second kappa shape index (κ2) is 5.72. The lowest BCUT2D eigenvalue weighted by atomic mass is 10.3. The molecule has 2 aromatic heterocycles. The van der Waals surface area contributed by atoms with Gasteiger partial charge >= 0.3 is 0 Å². The Hall–Kier alpha value is -2.50. The van der Waals surface area contributed by atoms with E-state index in [0.717, 1.165) is 5.56 Å². The van der Waals surface area contributed by atoms with Crippen LogP contribution in [-0.2, 0) is 6.54 Å². The zero-order valence-corrected chi connectivity index (χ0v) is 9.92. The predicted molar refractivity (Wildman–Crippen MR) is 67.0 cm³/mol. The second-order valence-electron chi connectivity index (χ2n) is 3.60. The molecule has 6 heteroatoms. The van der Waals surface area contributed by atoms with Gasteiger partial charge in [-0.05, 0) is 23.8 Å². The van der Waals surface area contributed by atoms with Crippen LogP contribution in [0, 0.1) is 0 Å². The molecule has 6 nitrogen and oxygen atoms in total. The van der Waals surface area contributed by atoms with E-state index >= 15 is 0 Å². The van der Waals surface area contributed by atoms with Crippen molar-refractivity contribution >= 4 is 11.7 Å². The van der Waals surface area contributed by atoms with Gasteiger partial charge in [0.25, 0.3) is 5.91 Å². The molecule has 0 aliphatic heterocycles. The number of pyridine rings is 1. The molecule has 0 saturated heterocycles. The molecular weight excluding hydrogens is 230 g/mol. The molecule has 92 valence electrons. The van der Waals surface area contributed by atoms with Crippen molar-refractivity contribution in [3.05, 3.63) is 47.9 Å². The summed E-state index contributed by atoms with van der Waals surface area (Å²) in [6.45, 7) is 0.419. The first-order valence-electron chi connectivity index (χ1n) is 5.48. The highest BCUT2D eigenvalue weighted by Gasteiger charge is 2.07. The van der Waals surface area contributed by atoms with Crippen molar-refractivity contribution in [3.63, 3.8) is 0 Å². The van der Waals surface area contributed by atoms with Gasteiger partial charge < -0.3 is 10.6 Å². The predicted octanol–water partition coefficient (Wildman–Crippen LogP) is 0.843. The van der Waals surface area contributed by atoms with Gasteiger partial charge in [-0.2, -0.15) is 0 Å². The van der Waals surface area contributed by atoms with Crippen LogP contribution in [0.25, 0.3) is 0 Å². The van der Waals surface area contributed by atoms with Crippen molar-refractivity contribution in [1.29, 1.82) is 0 Å². The molecule has 2 N–H and O–H groups in total. The van der Waals surface area contributed by atoms with E-state index in [2.05, 4.69) is 25.8 Å². The van der Waals surface area contributed by atoms with E-state index in [9.17, 15) is 4.79 Å². The van der Waals surface area contributed by atoms with Gasteiger partial charge in [-0.3, -0.25) is 9.78 Å². The van der Waals surface area contributed by atoms with Crippen molar-refractivity contribution in [2.75, 3.05) is 12.4 Å². The molecule has 0 fully saturated rings. The van der Waals surface area contributed by atoms with Gasteiger partial charge in [0.1, 0.15) is 5.82 Å². The normalized spacial score (nSPS) is 9.83. The molecule has 0 aliphatic carbocycles. The second-order valence-corrected chi connectivity index (χ2v) is 3.60. The van der Waals surface area contributed by atoms with E-state index in [-0.39, 0.29) is 11.6 Å². The van der Waals surface area contributed by atoms with Crippen molar-refractivity contribution in [1.82, 2.24) is 20.5 Å². The monoisotopic (exact) mass is 243 g/mol. The number of rotatable bonds is 4. The highest BCUT2D eigenvalue weighted by Crippen LogP contribution is 2.01. The fraction of sp³-hybridized carbons (Fsp3) is 0.167. The van der Waals surface area contributed by atoms with Crippen LogP contribution in [0.5, 0.6) is 0 Å². The maximum Gasteiger partial charge on any atom is 0.272 e. The minimum atomic E-state index is -0.256. The lowest BCUT2D eigenvalue weighted by molar-refractivity contribution is 0.0945. The van der Waals surface area contributed by atoms with Gasteiger partial charge in [0.05, 0.1) is 0 Å². The number of anilines is 1. The van der Waals surface area contributed by atoms with Gasteiger partial charge in [0.2, 0.25) is 0 Å². The Morgan fingerprint density at radius 2 is 2.17 bits per heavy atom. The van der Waals surface area contributed by atoms with Crippen molar-refractivity contribution in [2.45, 2.75) is 6.54 Å². The Morgan fingerprint density at radius 1 is 1.28 bits per heavy atom. The highest BCUT2D eigenvalue weighted by molar-refractivity contribution is 5.92. The summed E-state index contributed by atoms with van der Waals surface area (Å²) in [6, 6.07) is 7.04. The molecule has 0 saturated carbocycles. The Labute approximate surface area is 104 Å². The van der Waals surface area contributed by atoms with E-state index in [4.69, 9.17) is 0 Å². The van der Waals surface area contributed by atoms with Gasteiger partial charge in [-0.15, -0.1) is 10.2 Å². The summed E-state index contributed by atoms with van der Waals surface area (Å²) < 4.78 is 0. The largest absolute Gasteiger partial charge is 0.372 e. The van der Waals surface area contributed by atoms with Crippen LogP contribution in [0.2, 0.25) is 0 Å². The number of carbonyl (C=O) groups excluding carboxylic acids is 1. The standard InChI is InChI=1S/C12H13N5O/c1-13-11-5-4-10(16-17-11)12(18)15-8-9-3-2-6-14-7-9/h2-7H,8H2,1H3,(H,13,17)(H,15,18). The zero-order valence-electron chi connectivity index (χ0n) is 9.92. The third-order valence-corrected chi connectivity index (χ3v) is 2.33. The van der Waals surface area contributed by atoms with Crippen LogP contribution >= 0.6 is 0 Å².